The van der Waals surface area contributed by atoms with Gasteiger partial charge in [-0.15, -0.1) is 0 Å². The maximum Gasteiger partial charge on any atom is 0.234 e. The van der Waals surface area contributed by atoms with E-state index in [1.54, 1.807) is 4.90 Å². The van der Waals surface area contributed by atoms with E-state index in [0.29, 0.717) is 18.2 Å². The maximum atomic E-state index is 13.6. The first kappa shape index (κ1) is 17.7. The Morgan fingerprint density at radius 1 is 1.24 bits per heavy atom. The number of primary amides is 1. The van der Waals surface area contributed by atoms with E-state index < -0.39 is 18.1 Å². The molecule has 2 N–H and O–H groups in total. The molecule has 25 heavy (non-hydrogen) atoms. The van der Waals surface area contributed by atoms with Crippen LogP contribution in [0.4, 0.5) is 4.39 Å². The van der Waals surface area contributed by atoms with Gasteiger partial charge in [-0.25, -0.2) is 4.39 Å². The van der Waals surface area contributed by atoms with Gasteiger partial charge in [0, 0.05) is 24.5 Å². The summed E-state index contributed by atoms with van der Waals surface area (Å²) in [5, 5.41) is 0.678. The first-order valence-electron chi connectivity index (χ1n) is 8.15. The number of benzene rings is 2. The van der Waals surface area contributed by atoms with Crippen LogP contribution in [0.2, 0.25) is 5.02 Å². The number of ether oxygens (including phenoxy) is 1. The monoisotopic (exact) mass is 362 g/mol. The normalized spacial score (nSPS) is 20.6. The summed E-state index contributed by atoms with van der Waals surface area (Å²) in [5.41, 5.74) is 7.33. The predicted octanol–water partition coefficient (Wildman–Crippen LogP) is 3.32. The average Bonchev–Trinajstić information content (AvgIpc) is 2.95. The molecule has 2 aromatic carbocycles. The molecule has 1 saturated heterocycles. The number of nitrogens with two attached hydrogens (primary N) is 1. The van der Waals surface area contributed by atoms with Crippen molar-refractivity contribution in [1.29, 1.82) is 0 Å². The molecule has 0 radical (unpaired) electrons. The lowest BCUT2D eigenvalue weighted by atomic mass is 10.1. The molecule has 1 fully saturated rings. The van der Waals surface area contributed by atoms with E-state index in [0.717, 1.165) is 16.9 Å². The molecule has 0 aromatic heterocycles. The standard InChI is InChI=1S/C19H20ClFN2O2/c20-15-3-1-2-14(8-15)12-25-17-6-4-13(5-7-17)10-23-11-16(21)9-18(23)19(22)24/h1-8,16,18H,9-12H2,(H2,22,24)/t16-,18-/m0/s1. The Kier molecular flexibility index (Phi) is 5.56. The van der Waals surface area contributed by atoms with E-state index in [2.05, 4.69) is 0 Å². The van der Waals surface area contributed by atoms with Crippen molar-refractivity contribution in [3.63, 3.8) is 0 Å². The largest absolute Gasteiger partial charge is 0.489 e. The van der Waals surface area contributed by atoms with Gasteiger partial charge in [-0.3, -0.25) is 9.69 Å². The number of nitrogens with zero attached hydrogens (tertiary/aromatic N) is 1. The van der Waals surface area contributed by atoms with Gasteiger partial charge in [-0.05, 0) is 35.4 Å². The van der Waals surface area contributed by atoms with Crippen LogP contribution in [0.3, 0.4) is 0 Å². The zero-order chi connectivity index (χ0) is 17.8. The van der Waals surface area contributed by atoms with Crippen LogP contribution in [0.25, 0.3) is 0 Å². The Morgan fingerprint density at radius 3 is 2.68 bits per heavy atom. The fourth-order valence-electron chi connectivity index (χ4n) is 3.04. The molecule has 0 aliphatic carbocycles. The summed E-state index contributed by atoms with van der Waals surface area (Å²) in [6.07, 6.45) is -0.825. The van der Waals surface area contributed by atoms with Gasteiger partial charge in [0.1, 0.15) is 18.5 Å². The van der Waals surface area contributed by atoms with Crippen LogP contribution in [-0.4, -0.2) is 29.6 Å². The number of hydrogen-bond acceptors (Lipinski definition) is 3. The predicted molar refractivity (Wildman–Crippen MR) is 95.1 cm³/mol. The van der Waals surface area contributed by atoms with Crippen molar-refractivity contribution in [2.75, 3.05) is 6.54 Å². The summed E-state index contributed by atoms with van der Waals surface area (Å²) in [6, 6.07) is 14.5. The van der Waals surface area contributed by atoms with Crippen molar-refractivity contribution in [2.45, 2.75) is 31.8 Å². The lowest BCUT2D eigenvalue weighted by Crippen LogP contribution is -2.39. The molecule has 1 aliphatic rings. The van der Waals surface area contributed by atoms with Crippen molar-refractivity contribution in [3.8, 4) is 5.75 Å². The topological polar surface area (TPSA) is 55.6 Å². The zero-order valence-electron chi connectivity index (χ0n) is 13.7. The number of alkyl halides is 1. The number of hydrogen-bond donors (Lipinski definition) is 1. The third-order valence-corrected chi connectivity index (χ3v) is 4.52. The number of carbonyl (C=O) groups excluding carboxylic acids is 1. The quantitative estimate of drug-likeness (QED) is 0.857. The highest BCUT2D eigenvalue weighted by Crippen LogP contribution is 2.23. The summed E-state index contributed by atoms with van der Waals surface area (Å²) >= 11 is 5.95. The fraction of sp³-hybridized carbons (Fsp3) is 0.316. The number of likely N-dealkylation sites (tertiary alicyclic amines) is 1. The molecular weight excluding hydrogens is 343 g/mol. The minimum atomic E-state index is -1.00. The van der Waals surface area contributed by atoms with Crippen molar-refractivity contribution < 1.29 is 13.9 Å². The molecule has 0 spiro atoms. The van der Waals surface area contributed by atoms with Crippen molar-refractivity contribution in [1.82, 2.24) is 4.90 Å². The van der Waals surface area contributed by atoms with E-state index in [4.69, 9.17) is 22.1 Å². The Morgan fingerprint density at radius 2 is 2.00 bits per heavy atom. The van der Waals surface area contributed by atoms with Gasteiger partial charge in [0.2, 0.25) is 5.91 Å². The van der Waals surface area contributed by atoms with Gasteiger partial charge < -0.3 is 10.5 Å². The Bertz CT molecular complexity index is 738. The van der Waals surface area contributed by atoms with Gasteiger partial charge in [0.05, 0.1) is 6.04 Å². The van der Waals surface area contributed by atoms with Gasteiger partial charge in [0.25, 0.3) is 0 Å². The number of amides is 1. The molecule has 1 aliphatic heterocycles. The van der Waals surface area contributed by atoms with Gasteiger partial charge in [-0.1, -0.05) is 35.9 Å². The fourth-order valence-corrected chi connectivity index (χ4v) is 3.25. The van der Waals surface area contributed by atoms with E-state index in [1.807, 2.05) is 48.5 Å². The van der Waals surface area contributed by atoms with E-state index in [9.17, 15) is 9.18 Å². The lowest BCUT2D eigenvalue weighted by molar-refractivity contribution is -0.122. The molecule has 3 rings (SSSR count). The van der Waals surface area contributed by atoms with E-state index >= 15 is 0 Å². The smallest absolute Gasteiger partial charge is 0.234 e. The molecule has 2 aromatic rings. The molecule has 0 bridgehead atoms. The molecule has 0 saturated carbocycles. The summed E-state index contributed by atoms with van der Waals surface area (Å²) < 4.78 is 19.3. The zero-order valence-corrected chi connectivity index (χ0v) is 14.5. The number of rotatable bonds is 6. The minimum absolute atomic E-state index is 0.177. The van der Waals surface area contributed by atoms with Gasteiger partial charge in [0.15, 0.2) is 0 Å². The van der Waals surface area contributed by atoms with Crippen LogP contribution < -0.4 is 10.5 Å². The first-order valence-corrected chi connectivity index (χ1v) is 8.52. The molecule has 2 atom stereocenters. The van der Waals surface area contributed by atoms with Crippen LogP contribution >= 0.6 is 11.6 Å². The SMILES string of the molecule is NC(=O)[C@@H]1C[C@H](F)CN1Cc1ccc(OCc2cccc(Cl)c2)cc1. The van der Waals surface area contributed by atoms with E-state index in [1.165, 1.54) is 0 Å². The molecule has 1 amide bonds. The van der Waals surface area contributed by atoms with Crippen LogP contribution in [0.5, 0.6) is 5.75 Å². The highest BCUT2D eigenvalue weighted by atomic mass is 35.5. The van der Waals surface area contributed by atoms with Crippen molar-refractivity contribution in [3.05, 3.63) is 64.7 Å². The molecule has 6 heteroatoms. The van der Waals surface area contributed by atoms with Crippen LogP contribution in [-0.2, 0) is 17.9 Å². The maximum absolute atomic E-state index is 13.6. The lowest BCUT2D eigenvalue weighted by Gasteiger charge is -2.21. The minimum Gasteiger partial charge on any atom is -0.489 e. The third-order valence-electron chi connectivity index (χ3n) is 4.28. The summed E-state index contributed by atoms with van der Waals surface area (Å²) in [5.74, 6) is 0.265. The second-order valence-electron chi connectivity index (χ2n) is 6.24. The third kappa shape index (κ3) is 4.71. The molecule has 132 valence electrons. The highest BCUT2D eigenvalue weighted by Gasteiger charge is 2.35. The Labute approximate surface area is 151 Å². The van der Waals surface area contributed by atoms with Crippen LogP contribution in [0.15, 0.2) is 48.5 Å². The van der Waals surface area contributed by atoms with E-state index in [-0.39, 0.29) is 13.0 Å². The highest BCUT2D eigenvalue weighted by molar-refractivity contribution is 6.30. The van der Waals surface area contributed by atoms with Crippen LogP contribution in [0, 0.1) is 0 Å². The van der Waals surface area contributed by atoms with Crippen LogP contribution in [0.1, 0.15) is 17.5 Å². The second-order valence-corrected chi connectivity index (χ2v) is 6.68. The number of halogens is 2. The molecule has 0 unspecified atom stereocenters. The van der Waals surface area contributed by atoms with Gasteiger partial charge >= 0.3 is 0 Å². The molecule has 4 nitrogen and oxygen atoms in total. The average molecular weight is 363 g/mol. The first-order chi connectivity index (χ1) is 12.0. The Balaban J connectivity index is 1.58. The van der Waals surface area contributed by atoms with Gasteiger partial charge in [-0.2, -0.15) is 0 Å². The number of carbonyl (C=O) groups is 1. The molecule has 1 heterocycles. The summed E-state index contributed by atoms with van der Waals surface area (Å²) in [7, 11) is 0. The molecular formula is C19H20ClFN2O2. The van der Waals surface area contributed by atoms with Crippen molar-refractivity contribution >= 4 is 17.5 Å². The van der Waals surface area contributed by atoms with Crippen molar-refractivity contribution in [2.24, 2.45) is 5.73 Å². The second kappa shape index (κ2) is 7.85. The summed E-state index contributed by atoms with van der Waals surface area (Å²) in [6.45, 7) is 1.16. The summed E-state index contributed by atoms with van der Waals surface area (Å²) in [4.78, 5) is 13.2. The Hall–Kier alpha value is -2.11.